The number of Topliss-reactive ketones (excluding diaryl/α,β-unsaturated/α-hetero) is 1. The second kappa shape index (κ2) is 7.34. The molecular weight excluding hydrogens is 405 g/mol. The van der Waals surface area contributed by atoms with Crippen molar-refractivity contribution in [3.05, 3.63) is 61.0 Å². The zero-order valence-corrected chi connectivity index (χ0v) is 16.9. The van der Waals surface area contributed by atoms with Gasteiger partial charge in [-0.05, 0) is 36.3 Å². The van der Waals surface area contributed by atoms with E-state index in [9.17, 15) is 9.59 Å². The first-order chi connectivity index (χ1) is 13.0. The molecule has 2 N–H and O–H groups in total. The lowest BCUT2D eigenvalue weighted by molar-refractivity contribution is -0.116. The Morgan fingerprint density at radius 1 is 1.22 bits per heavy atom. The molecule has 5 nitrogen and oxygen atoms in total. The van der Waals surface area contributed by atoms with E-state index in [1.54, 1.807) is 12.1 Å². The Kier molecular flexibility index (Phi) is 5.05. The molecule has 0 saturated heterocycles. The number of rotatable bonds is 3. The van der Waals surface area contributed by atoms with Crippen molar-refractivity contribution in [3.63, 3.8) is 0 Å². The fourth-order valence-corrected chi connectivity index (χ4v) is 4.57. The molecule has 27 heavy (non-hydrogen) atoms. The number of nitrogens with zero attached hydrogens (tertiary/aromatic N) is 1. The Labute approximate surface area is 170 Å². The predicted octanol–water partition coefficient (Wildman–Crippen LogP) is 4.75. The van der Waals surface area contributed by atoms with E-state index in [1.165, 1.54) is 11.8 Å². The summed E-state index contributed by atoms with van der Waals surface area (Å²) in [5.74, 6) is 0.858. The zero-order valence-electron chi connectivity index (χ0n) is 14.6. The number of benzene rings is 1. The van der Waals surface area contributed by atoms with Crippen LogP contribution in [0.2, 0.25) is 10.0 Å². The van der Waals surface area contributed by atoms with E-state index >= 15 is 0 Å². The Bertz CT molecular complexity index is 1030. The van der Waals surface area contributed by atoms with Gasteiger partial charge in [0, 0.05) is 23.6 Å². The number of halogens is 2. The highest BCUT2D eigenvalue weighted by atomic mass is 35.5. The van der Waals surface area contributed by atoms with Gasteiger partial charge >= 0.3 is 0 Å². The Morgan fingerprint density at radius 2 is 2.04 bits per heavy atom. The Morgan fingerprint density at radius 3 is 2.78 bits per heavy atom. The summed E-state index contributed by atoms with van der Waals surface area (Å²) in [6.07, 6.45) is 2.01. The molecule has 1 aromatic heterocycles. The molecule has 8 heteroatoms. The maximum Gasteiger partial charge on any atom is 0.257 e. The minimum absolute atomic E-state index is 0.0527. The molecule has 0 bridgehead atoms. The molecule has 1 atom stereocenters. The van der Waals surface area contributed by atoms with Crippen LogP contribution in [0.25, 0.3) is 0 Å². The minimum Gasteiger partial charge on any atom is -0.343 e. The smallest absolute Gasteiger partial charge is 0.257 e. The van der Waals surface area contributed by atoms with Gasteiger partial charge in [0.15, 0.2) is 10.9 Å². The van der Waals surface area contributed by atoms with E-state index in [4.69, 9.17) is 23.2 Å². The number of carbonyl (C=O) groups is 1. The largest absolute Gasteiger partial charge is 0.343 e. The molecule has 0 saturated carbocycles. The monoisotopic (exact) mass is 421 g/mol. The second-order valence-electron chi connectivity index (χ2n) is 6.47. The van der Waals surface area contributed by atoms with Gasteiger partial charge in [0.05, 0.1) is 15.6 Å². The minimum atomic E-state index is -0.504. The van der Waals surface area contributed by atoms with Crippen molar-refractivity contribution in [1.82, 2.24) is 9.97 Å². The van der Waals surface area contributed by atoms with Crippen LogP contribution in [0.4, 0.5) is 5.82 Å². The van der Waals surface area contributed by atoms with Crippen LogP contribution in [-0.2, 0) is 4.79 Å². The molecule has 1 aliphatic heterocycles. The quantitative estimate of drug-likeness (QED) is 0.552. The number of carbonyl (C=O) groups excluding carboxylic acids is 1. The van der Waals surface area contributed by atoms with Gasteiger partial charge in [0.1, 0.15) is 5.82 Å². The number of anilines is 1. The third-order valence-electron chi connectivity index (χ3n) is 4.79. The van der Waals surface area contributed by atoms with Crippen LogP contribution < -0.4 is 10.9 Å². The average Bonchev–Trinajstić information content (AvgIpc) is 2.63. The Hall–Kier alpha value is -1.76. The summed E-state index contributed by atoms with van der Waals surface area (Å²) < 4.78 is 0. The Balaban J connectivity index is 1.96. The third kappa shape index (κ3) is 3.30. The van der Waals surface area contributed by atoms with Crippen LogP contribution in [-0.4, -0.2) is 21.5 Å². The number of hydrogen-bond donors (Lipinski definition) is 2. The van der Waals surface area contributed by atoms with E-state index in [0.29, 0.717) is 38.6 Å². The SMILES string of the molecule is CCSc1nc2c(c(=O)[nH]1)C(c1ccc(Cl)c(Cl)c1)C1=C(CCCC1=O)N2. The van der Waals surface area contributed by atoms with Gasteiger partial charge in [-0.3, -0.25) is 9.59 Å². The number of hydrogen-bond acceptors (Lipinski definition) is 5. The normalized spacial score (nSPS) is 18.8. The van der Waals surface area contributed by atoms with E-state index in [1.807, 2.05) is 13.0 Å². The lowest BCUT2D eigenvalue weighted by atomic mass is 9.76. The molecule has 4 rings (SSSR count). The fourth-order valence-electron chi connectivity index (χ4n) is 3.67. The lowest BCUT2D eigenvalue weighted by Crippen LogP contribution is -2.32. The first-order valence-corrected chi connectivity index (χ1v) is 10.5. The molecule has 0 amide bonds. The summed E-state index contributed by atoms with van der Waals surface area (Å²) in [4.78, 5) is 33.1. The summed E-state index contributed by atoms with van der Waals surface area (Å²) in [5, 5.41) is 4.63. The van der Waals surface area contributed by atoms with E-state index in [-0.39, 0.29) is 11.3 Å². The molecule has 0 spiro atoms. The van der Waals surface area contributed by atoms with Crippen molar-refractivity contribution in [2.45, 2.75) is 37.3 Å². The van der Waals surface area contributed by atoms with Crippen LogP contribution in [0.15, 0.2) is 39.4 Å². The molecule has 2 aromatic rings. The van der Waals surface area contributed by atoms with Crippen LogP contribution >= 0.6 is 35.0 Å². The number of nitrogens with one attached hydrogen (secondary N) is 2. The van der Waals surface area contributed by atoms with Gasteiger partial charge < -0.3 is 10.3 Å². The van der Waals surface area contributed by atoms with Crippen LogP contribution in [0.5, 0.6) is 0 Å². The van der Waals surface area contributed by atoms with Crippen molar-refractivity contribution in [2.75, 3.05) is 11.1 Å². The topological polar surface area (TPSA) is 74.8 Å². The highest BCUT2D eigenvalue weighted by Gasteiger charge is 2.38. The van der Waals surface area contributed by atoms with Crippen molar-refractivity contribution < 1.29 is 4.79 Å². The molecular formula is C19H17Cl2N3O2S. The van der Waals surface area contributed by atoms with Gasteiger partial charge in [0.2, 0.25) is 0 Å². The fraction of sp³-hybridized carbons (Fsp3) is 0.316. The summed E-state index contributed by atoms with van der Waals surface area (Å²) in [7, 11) is 0. The summed E-state index contributed by atoms with van der Waals surface area (Å²) >= 11 is 13.8. The number of thioether (sulfide) groups is 1. The lowest BCUT2D eigenvalue weighted by Gasteiger charge is -2.32. The predicted molar refractivity (Wildman–Crippen MR) is 109 cm³/mol. The molecule has 2 heterocycles. The molecule has 1 aliphatic carbocycles. The standard InChI is InChI=1S/C19H17Cl2N3O2S/c1-2-27-19-23-17-16(18(26)24-19)14(9-6-7-10(20)11(21)8-9)15-12(22-17)4-3-5-13(15)25/h6-8,14H,2-5H2,1H3,(H2,22,23,24,26). The van der Waals surface area contributed by atoms with Crippen LogP contribution in [0.1, 0.15) is 43.2 Å². The molecule has 1 aromatic carbocycles. The second-order valence-corrected chi connectivity index (χ2v) is 8.53. The summed E-state index contributed by atoms with van der Waals surface area (Å²) in [5.41, 5.74) is 2.45. The zero-order chi connectivity index (χ0) is 19.1. The third-order valence-corrected chi connectivity index (χ3v) is 6.29. The number of H-pyrrole nitrogens is 1. The highest BCUT2D eigenvalue weighted by molar-refractivity contribution is 7.99. The number of fused-ring (bicyclic) bond motifs is 1. The van der Waals surface area contributed by atoms with Crippen LogP contribution in [0, 0.1) is 0 Å². The first kappa shape index (κ1) is 18.6. The van der Waals surface area contributed by atoms with E-state index in [2.05, 4.69) is 15.3 Å². The summed E-state index contributed by atoms with van der Waals surface area (Å²) in [6, 6.07) is 5.23. The number of aromatic nitrogens is 2. The molecule has 1 unspecified atom stereocenters. The first-order valence-electron chi connectivity index (χ1n) is 8.74. The number of aromatic amines is 1. The van der Waals surface area contributed by atoms with Crippen LogP contribution in [0.3, 0.4) is 0 Å². The number of allylic oxidation sites excluding steroid dienone is 2. The van der Waals surface area contributed by atoms with E-state index < -0.39 is 5.92 Å². The van der Waals surface area contributed by atoms with Crippen molar-refractivity contribution >= 4 is 46.6 Å². The molecule has 2 aliphatic rings. The van der Waals surface area contributed by atoms with E-state index in [0.717, 1.165) is 29.9 Å². The molecule has 0 fully saturated rings. The van der Waals surface area contributed by atoms with Gasteiger partial charge in [-0.25, -0.2) is 4.98 Å². The van der Waals surface area contributed by atoms with Gasteiger partial charge in [-0.2, -0.15) is 0 Å². The van der Waals surface area contributed by atoms with Crippen molar-refractivity contribution in [2.24, 2.45) is 0 Å². The molecule has 140 valence electrons. The average molecular weight is 422 g/mol. The van der Waals surface area contributed by atoms with Crippen molar-refractivity contribution in [1.29, 1.82) is 0 Å². The molecule has 0 radical (unpaired) electrons. The highest BCUT2D eigenvalue weighted by Crippen LogP contribution is 2.44. The van der Waals surface area contributed by atoms with Gasteiger partial charge in [-0.1, -0.05) is 48.0 Å². The maximum absolute atomic E-state index is 12.9. The maximum atomic E-state index is 12.9. The number of ketones is 1. The van der Waals surface area contributed by atoms with Crippen molar-refractivity contribution in [3.8, 4) is 0 Å². The van der Waals surface area contributed by atoms with Gasteiger partial charge in [-0.15, -0.1) is 0 Å². The van der Waals surface area contributed by atoms with Gasteiger partial charge in [0.25, 0.3) is 5.56 Å². The summed E-state index contributed by atoms with van der Waals surface area (Å²) in [6.45, 7) is 2.00.